The predicted molar refractivity (Wildman–Crippen MR) is 172 cm³/mol. The molecule has 6 rings (SSSR count). The molecule has 4 aromatic rings. The number of hydrogen-bond acceptors (Lipinski definition) is 10. The van der Waals surface area contributed by atoms with Gasteiger partial charge < -0.3 is 9.80 Å². The summed E-state index contributed by atoms with van der Waals surface area (Å²) in [5.74, 6) is -2.62. The molecule has 0 bridgehead atoms. The van der Waals surface area contributed by atoms with Crippen molar-refractivity contribution in [3.63, 3.8) is 0 Å². The molecule has 0 aliphatic carbocycles. The predicted octanol–water partition coefficient (Wildman–Crippen LogP) is 3.01. The Balaban J connectivity index is 1.06. The zero-order valence-electron chi connectivity index (χ0n) is 25.6. The summed E-state index contributed by atoms with van der Waals surface area (Å²) in [5.41, 5.74) is -0.130. The number of rotatable bonds is 14. The van der Waals surface area contributed by atoms with Gasteiger partial charge in [-0.3, -0.25) is 58.8 Å². The molecule has 16 heteroatoms. The van der Waals surface area contributed by atoms with Gasteiger partial charge in [0.2, 0.25) is 12.8 Å². The Morgan fingerprint density at radius 1 is 0.571 bits per heavy atom. The van der Waals surface area contributed by atoms with Crippen molar-refractivity contribution in [2.24, 2.45) is 0 Å². The van der Waals surface area contributed by atoms with Crippen molar-refractivity contribution in [2.45, 2.75) is 6.42 Å². The summed E-state index contributed by atoms with van der Waals surface area (Å²) in [6.45, 7) is -0.202. The van der Waals surface area contributed by atoms with Crippen molar-refractivity contribution >= 4 is 69.4 Å². The van der Waals surface area contributed by atoms with Crippen molar-refractivity contribution < 1.29 is 38.6 Å². The Morgan fingerprint density at radius 2 is 0.959 bits per heavy atom. The second-order valence-electron chi connectivity index (χ2n) is 11.5. The third kappa shape index (κ3) is 5.79. The van der Waals surface area contributed by atoms with Crippen LogP contribution in [0.25, 0.3) is 21.5 Å². The number of nitro groups is 2. The first-order valence-corrected chi connectivity index (χ1v) is 15.1. The molecule has 0 atom stereocenters. The largest absolute Gasteiger partial charge is 0.343 e. The molecule has 0 fully saturated rings. The minimum atomic E-state index is -0.717. The van der Waals surface area contributed by atoms with Gasteiger partial charge in [0, 0.05) is 85.4 Å². The molecule has 0 spiro atoms. The normalized spacial score (nSPS) is 13.6. The van der Waals surface area contributed by atoms with Crippen LogP contribution in [0.1, 0.15) is 47.9 Å². The lowest BCUT2D eigenvalue weighted by atomic mass is 9.93. The first kappa shape index (κ1) is 32.4. The molecule has 6 amide bonds. The second kappa shape index (κ2) is 12.9. The average molecular weight is 667 g/mol. The molecule has 4 aromatic carbocycles. The highest BCUT2D eigenvalue weighted by Crippen LogP contribution is 2.35. The maximum atomic E-state index is 13.3. The first-order valence-electron chi connectivity index (χ1n) is 15.1. The van der Waals surface area contributed by atoms with Gasteiger partial charge in [-0.1, -0.05) is 24.3 Å². The Kier molecular flexibility index (Phi) is 8.52. The standard InChI is InChI=1S/C33H26N6O10/c40-18-34(10-12-36-30(42)24-6-1-4-20-14-22(38(46)47)16-26(28(20)24)32(36)44)8-3-9-35(19-41)11-13-37-31(43)25-7-2-5-21-15-23(39(48)49)17-27(29(21)25)33(37)45/h1-2,4-7,14-19H,3,8-13H2. The smallest absolute Gasteiger partial charge is 0.270 e. The zero-order valence-corrected chi connectivity index (χ0v) is 25.6. The Hall–Kier alpha value is -6.58. The fourth-order valence-corrected chi connectivity index (χ4v) is 6.27. The number of carbonyl (C=O) groups excluding carboxylic acids is 6. The van der Waals surface area contributed by atoms with E-state index in [4.69, 9.17) is 0 Å². The number of amides is 6. The summed E-state index contributed by atoms with van der Waals surface area (Å²) in [7, 11) is 0. The van der Waals surface area contributed by atoms with Gasteiger partial charge in [0.05, 0.1) is 21.0 Å². The van der Waals surface area contributed by atoms with E-state index in [9.17, 15) is 49.0 Å². The molecule has 2 aliphatic rings. The van der Waals surface area contributed by atoms with Crippen molar-refractivity contribution in [2.75, 3.05) is 39.3 Å². The highest BCUT2D eigenvalue weighted by atomic mass is 16.6. The number of non-ortho nitro benzene ring substituents is 2. The maximum absolute atomic E-state index is 13.3. The van der Waals surface area contributed by atoms with Crippen LogP contribution < -0.4 is 0 Å². The number of imide groups is 2. The Labute approximate surface area is 276 Å². The summed E-state index contributed by atoms with van der Waals surface area (Å²) >= 11 is 0. The Bertz CT molecular complexity index is 1980. The van der Waals surface area contributed by atoms with Gasteiger partial charge >= 0.3 is 0 Å². The van der Waals surface area contributed by atoms with E-state index in [0.717, 1.165) is 21.9 Å². The lowest BCUT2D eigenvalue weighted by Gasteiger charge is -2.30. The van der Waals surface area contributed by atoms with Crippen LogP contribution in [-0.2, 0) is 9.59 Å². The molecule has 49 heavy (non-hydrogen) atoms. The number of hydrogen-bond donors (Lipinski definition) is 0. The van der Waals surface area contributed by atoms with Gasteiger partial charge in [0.15, 0.2) is 0 Å². The number of benzene rings is 4. The molecule has 0 unspecified atom stereocenters. The molecule has 2 aliphatic heterocycles. The van der Waals surface area contributed by atoms with Crippen molar-refractivity contribution in [3.8, 4) is 0 Å². The lowest BCUT2D eigenvalue weighted by Crippen LogP contribution is -2.45. The summed E-state index contributed by atoms with van der Waals surface area (Å²) in [5, 5.41) is 24.3. The van der Waals surface area contributed by atoms with E-state index in [0.29, 0.717) is 34.4 Å². The van der Waals surface area contributed by atoms with Gasteiger partial charge in [0.25, 0.3) is 35.0 Å². The molecule has 2 heterocycles. The number of carbonyl (C=O) groups is 6. The van der Waals surface area contributed by atoms with E-state index >= 15 is 0 Å². The van der Waals surface area contributed by atoms with Gasteiger partial charge in [-0.2, -0.15) is 0 Å². The van der Waals surface area contributed by atoms with E-state index in [1.54, 1.807) is 24.3 Å². The van der Waals surface area contributed by atoms with Gasteiger partial charge in [-0.05, 0) is 29.3 Å². The van der Waals surface area contributed by atoms with E-state index in [2.05, 4.69) is 0 Å². The highest BCUT2D eigenvalue weighted by molar-refractivity contribution is 6.26. The maximum Gasteiger partial charge on any atom is 0.270 e. The van der Waals surface area contributed by atoms with E-state index in [1.165, 1.54) is 34.1 Å². The fraction of sp³-hybridized carbons (Fsp3) is 0.212. The van der Waals surface area contributed by atoms with Crippen LogP contribution in [0.5, 0.6) is 0 Å². The number of nitro benzene ring substituents is 2. The van der Waals surface area contributed by atoms with E-state index < -0.39 is 33.5 Å². The van der Waals surface area contributed by atoms with Gasteiger partial charge in [-0.15, -0.1) is 0 Å². The van der Waals surface area contributed by atoms with Crippen molar-refractivity contribution in [3.05, 3.63) is 103 Å². The highest BCUT2D eigenvalue weighted by Gasteiger charge is 2.36. The number of nitrogens with zero attached hydrogens (tertiary/aromatic N) is 6. The monoisotopic (exact) mass is 666 g/mol. The Morgan fingerprint density at radius 3 is 1.33 bits per heavy atom. The van der Waals surface area contributed by atoms with Crippen molar-refractivity contribution in [1.29, 1.82) is 0 Å². The fourth-order valence-electron chi connectivity index (χ4n) is 6.27. The van der Waals surface area contributed by atoms with Crippen LogP contribution >= 0.6 is 0 Å². The summed E-state index contributed by atoms with van der Waals surface area (Å²) in [6.07, 6.45) is 1.34. The average Bonchev–Trinajstić information content (AvgIpc) is 3.10. The molecule has 248 valence electrons. The molecule has 0 N–H and O–H groups in total. The van der Waals surface area contributed by atoms with Crippen LogP contribution in [0.2, 0.25) is 0 Å². The van der Waals surface area contributed by atoms with Crippen molar-refractivity contribution in [1.82, 2.24) is 19.6 Å². The lowest BCUT2D eigenvalue weighted by molar-refractivity contribution is -0.384. The van der Waals surface area contributed by atoms with Crippen LogP contribution in [0.4, 0.5) is 11.4 Å². The zero-order chi connectivity index (χ0) is 35.0. The minimum Gasteiger partial charge on any atom is -0.343 e. The molecule has 0 saturated heterocycles. The molecule has 16 nitrogen and oxygen atoms in total. The van der Waals surface area contributed by atoms with E-state index in [1.807, 2.05) is 0 Å². The molecule has 0 aromatic heterocycles. The van der Waals surface area contributed by atoms with Crippen LogP contribution in [0.3, 0.4) is 0 Å². The second-order valence-corrected chi connectivity index (χ2v) is 11.5. The quantitative estimate of drug-likeness (QED) is 0.0833. The summed E-state index contributed by atoms with van der Waals surface area (Å²) < 4.78 is 0. The van der Waals surface area contributed by atoms with Gasteiger partial charge in [0.1, 0.15) is 0 Å². The SMILES string of the molecule is O=CN(CCCN(C=O)CCN1C(=O)c2cccc3cc([N+](=O)[O-])cc(c23)C1=O)CCN1C(=O)c2cccc3cc([N+](=O)[O-])cc(c23)C1=O. The summed E-state index contributed by atoms with van der Waals surface area (Å²) in [4.78, 5) is 103. The van der Waals surface area contributed by atoms with Gasteiger partial charge in [-0.25, -0.2) is 0 Å². The summed E-state index contributed by atoms with van der Waals surface area (Å²) in [6, 6.07) is 14.2. The van der Waals surface area contributed by atoms with Crippen LogP contribution in [0.15, 0.2) is 60.7 Å². The third-order valence-corrected chi connectivity index (χ3v) is 8.66. The topological polar surface area (TPSA) is 202 Å². The molecule has 0 radical (unpaired) electrons. The van der Waals surface area contributed by atoms with Crippen LogP contribution in [0, 0.1) is 20.2 Å². The molecule has 0 saturated carbocycles. The molecular weight excluding hydrogens is 640 g/mol. The third-order valence-electron chi connectivity index (χ3n) is 8.66. The molecular formula is C33H26N6O10. The van der Waals surface area contributed by atoms with Crippen LogP contribution in [-0.4, -0.2) is 105 Å². The minimum absolute atomic E-state index is 0.0164. The van der Waals surface area contributed by atoms with E-state index in [-0.39, 0.29) is 79.3 Å². The first-order chi connectivity index (χ1) is 23.5.